The second kappa shape index (κ2) is 5.69. The Balaban J connectivity index is 2.07. The van der Waals surface area contributed by atoms with Crippen LogP contribution in [0, 0.1) is 0 Å². The third-order valence-corrected chi connectivity index (χ3v) is 3.86. The maximum Gasteiger partial charge on any atom is 0.416 e. The van der Waals surface area contributed by atoms with Gasteiger partial charge in [0.05, 0.1) is 17.8 Å². The van der Waals surface area contributed by atoms with Crippen molar-refractivity contribution in [1.29, 1.82) is 0 Å². The average molecular weight is 324 g/mol. The molecule has 0 saturated carbocycles. The van der Waals surface area contributed by atoms with E-state index in [0.29, 0.717) is 25.2 Å². The maximum atomic E-state index is 13.1. The molecule has 3 rings (SSSR count). The molecule has 0 atom stereocenters. The molecule has 1 amide bonds. The predicted molar refractivity (Wildman–Crippen MR) is 76.7 cm³/mol. The number of carbonyl (C=O) groups is 1. The van der Waals surface area contributed by atoms with Gasteiger partial charge in [-0.3, -0.25) is 4.79 Å². The highest BCUT2D eigenvalue weighted by molar-refractivity contribution is 5.89. The van der Waals surface area contributed by atoms with Crippen molar-refractivity contribution in [1.82, 2.24) is 14.9 Å². The summed E-state index contributed by atoms with van der Waals surface area (Å²) in [6.45, 7) is 1.07. The number of aromatic nitrogens is 2. The van der Waals surface area contributed by atoms with Crippen molar-refractivity contribution in [2.24, 2.45) is 5.73 Å². The first kappa shape index (κ1) is 15.5. The molecule has 5 nitrogen and oxygen atoms in total. The lowest BCUT2D eigenvalue weighted by atomic mass is 10.1. The largest absolute Gasteiger partial charge is 0.416 e. The zero-order valence-electron chi connectivity index (χ0n) is 12.2. The van der Waals surface area contributed by atoms with Crippen molar-refractivity contribution in [3.63, 3.8) is 0 Å². The summed E-state index contributed by atoms with van der Waals surface area (Å²) < 4.78 is 40.9. The van der Waals surface area contributed by atoms with E-state index in [1.807, 2.05) is 0 Å². The van der Waals surface area contributed by atoms with E-state index in [1.54, 1.807) is 6.07 Å². The molecule has 1 aromatic carbocycles. The van der Waals surface area contributed by atoms with Crippen LogP contribution in [0.15, 0.2) is 24.3 Å². The van der Waals surface area contributed by atoms with Crippen LogP contribution in [0.3, 0.4) is 0 Å². The topological polar surface area (TPSA) is 72.9 Å². The van der Waals surface area contributed by atoms with Crippen molar-refractivity contribution in [2.75, 3.05) is 6.54 Å². The lowest BCUT2D eigenvalue weighted by molar-refractivity contribution is -0.138. The summed E-state index contributed by atoms with van der Waals surface area (Å²) in [6.07, 6.45) is -3.87. The number of alkyl halides is 3. The van der Waals surface area contributed by atoms with Gasteiger partial charge in [0, 0.05) is 25.2 Å². The fraction of sp³-hybridized carbons (Fsp3) is 0.333. The van der Waals surface area contributed by atoms with E-state index in [2.05, 4.69) is 10.3 Å². The van der Waals surface area contributed by atoms with E-state index in [1.165, 1.54) is 16.7 Å². The fourth-order valence-corrected chi connectivity index (χ4v) is 2.83. The molecular weight excluding hydrogens is 309 g/mol. The minimum atomic E-state index is -4.45. The Hall–Kier alpha value is -2.35. The molecule has 0 unspecified atom stereocenters. The Bertz CT molecular complexity index is 752. The monoisotopic (exact) mass is 324 g/mol. The Kier molecular flexibility index (Phi) is 3.85. The number of primary amides is 1. The van der Waals surface area contributed by atoms with Gasteiger partial charge in [0.2, 0.25) is 0 Å². The number of benzene rings is 1. The number of fused-ring (bicyclic) bond motifs is 1. The smallest absolute Gasteiger partial charge is 0.363 e. The number of imidazole rings is 1. The molecule has 0 radical (unpaired) electrons. The Morgan fingerprint density at radius 2 is 2.09 bits per heavy atom. The second-order valence-electron chi connectivity index (χ2n) is 5.36. The molecule has 3 N–H and O–H groups in total. The van der Waals surface area contributed by atoms with Gasteiger partial charge in [-0.05, 0) is 11.6 Å². The van der Waals surface area contributed by atoms with Gasteiger partial charge in [-0.1, -0.05) is 18.2 Å². The SMILES string of the molecule is NC(=O)c1nc2c(n1Cc1ccccc1C(F)(F)F)CCNC2. The lowest BCUT2D eigenvalue weighted by Crippen LogP contribution is -2.26. The molecule has 2 aromatic rings. The number of hydrogen-bond donors (Lipinski definition) is 2. The zero-order valence-corrected chi connectivity index (χ0v) is 12.2. The van der Waals surface area contributed by atoms with Crippen LogP contribution in [0.4, 0.5) is 13.2 Å². The summed E-state index contributed by atoms with van der Waals surface area (Å²) in [5, 5.41) is 3.11. The Morgan fingerprint density at radius 3 is 2.78 bits per heavy atom. The van der Waals surface area contributed by atoms with E-state index >= 15 is 0 Å². The quantitative estimate of drug-likeness (QED) is 0.902. The minimum Gasteiger partial charge on any atom is -0.363 e. The second-order valence-corrected chi connectivity index (χ2v) is 5.36. The van der Waals surface area contributed by atoms with Gasteiger partial charge in [-0.15, -0.1) is 0 Å². The van der Waals surface area contributed by atoms with Gasteiger partial charge in [0.25, 0.3) is 5.91 Å². The highest BCUT2D eigenvalue weighted by atomic mass is 19.4. The van der Waals surface area contributed by atoms with Gasteiger partial charge in [-0.25, -0.2) is 4.98 Å². The van der Waals surface area contributed by atoms with E-state index in [0.717, 1.165) is 11.8 Å². The molecule has 8 heteroatoms. The first-order valence-electron chi connectivity index (χ1n) is 7.12. The van der Waals surface area contributed by atoms with Crippen molar-refractivity contribution in [3.05, 3.63) is 52.6 Å². The van der Waals surface area contributed by atoms with Crippen LogP contribution >= 0.6 is 0 Å². The van der Waals surface area contributed by atoms with Crippen LogP contribution in [0.1, 0.15) is 33.1 Å². The van der Waals surface area contributed by atoms with E-state index in [-0.39, 0.29) is 17.9 Å². The first-order chi connectivity index (χ1) is 10.9. The van der Waals surface area contributed by atoms with Crippen molar-refractivity contribution >= 4 is 5.91 Å². The van der Waals surface area contributed by atoms with Crippen molar-refractivity contribution in [3.8, 4) is 0 Å². The molecule has 0 bridgehead atoms. The third kappa shape index (κ3) is 2.94. The number of nitrogens with two attached hydrogens (primary N) is 1. The van der Waals surface area contributed by atoms with Gasteiger partial charge in [-0.2, -0.15) is 13.2 Å². The molecule has 0 spiro atoms. The number of nitrogens with zero attached hydrogens (tertiary/aromatic N) is 2. The molecule has 1 aliphatic heterocycles. The normalized spacial score (nSPS) is 14.6. The van der Waals surface area contributed by atoms with Crippen molar-refractivity contribution in [2.45, 2.75) is 25.7 Å². The fourth-order valence-electron chi connectivity index (χ4n) is 2.83. The standard InChI is InChI=1S/C15H15F3N4O/c16-15(17,18)10-4-2-1-3-9(10)8-22-12-5-6-20-7-11(12)21-14(22)13(19)23/h1-4,20H,5-8H2,(H2,19,23). The van der Waals surface area contributed by atoms with E-state index in [9.17, 15) is 18.0 Å². The molecule has 2 heterocycles. The molecule has 1 aromatic heterocycles. The summed E-state index contributed by atoms with van der Waals surface area (Å²) in [4.78, 5) is 15.8. The van der Waals surface area contributed by atoms with Gasteiger partial charge in [0.1, 0.15) is 0 Å². The number of halogens is 3. The van der Waals surface area contributed by atoms with Crippen LogP contribution in [0.5, 0.6) is 0 Å². The van der Waals surface area contributed by atoms with Crippen LogP contribution in [0.2, 0.25) is 0 Å². The molecule has 23 heavy (non-hydrogen) atoms. The first-order valence-corrected chi connectivity index (χ1v) is 7.12. The molecule has 0 aliphatic carbocycles. The third-order valence-electron chi connectivity index (χ3n) is 3.86. The van der Waals surface area contributed by atoms with E-state index < -0.39 is 17.6 Å². The average Bonchev–Trinajstić information content (AvgIpc) is 2.86. The zero-order chi connectivity index (χ0) is 16.6. The molecule has 0 saturated heterocycles. The van der Waals surface area contributed by atoms with E-state index in [4.69, 9.17) is 5.73 Å². The number of rotatable bonds is 3. The van der Waals surface area contributed by atoms with Crippen LogP contribution in [-0.4, -0.2) is 22.0 Å². The van der Waals surface area contributed by atoms with Gasteiger partial charge >= 0.3 is 6.18 Å². The molecule has 0 fully saturated rings. The number of carbonyl (C=O) groups excluding carboxylic acids is 1. The molecule has 122 valence electrons. The summed E-state index contributed by atoms with van der Waals surface area (Å²) in [5.74, 6) is -0.750. The minimum absolute atomic E-state index is 0.00400. The lowest BCUT2D eigenvalue weighted by Gasteiger charge is -2.18. The number of hydrogen-bond acceptors (Lipinski definition) is 3. The van der Waals surface area contributed by atoms with Crippen LogP contribution in [-0.2, 0) is 25.7 Å². The Labute approximate surface area is 130 Å². The van der Waals surface area contributed by atoms with Crippen molar-refractivity contribution < 1.29 is 18.0 Å². The summed E-state index contributed by atoms with van der Waals surface area (Å²) in [5.41, 5.74) is 6.13. The Morgan fingerprint density at radius 1 is 1.35 bits per heavy atom. The summed E-state index contributed by atoms with van der Waals surface area (Å²) >= 11 is 0. The predicted octanol–water partition coefficient (Wildman–Crippen LogP) is 1.69. The van der Waals surface area contributed by atoms with Gasteiger partial charge < -0.3 is 15.6 Å². The summed E-state index contributed by atoms with van der Waals surface area (Å²) in [7, 11) is 0. The number of amides is 1. The molecule has 1 aliphatic rings. The highest BCUT2D eigenvalue weighted by Crippen LogP contribution is 2.32. The maximum absolute atomic E-state index is 13.1. The molecular formula is C15H15F3N4O. The number of nitrogens with one attached hydrogen (secondary N) is 1. The summed E-state index contributed by atoms with van der Waals surface area (Å²) in [6, 6.07) is 5.32. The highest BCUT2D eigenvalue weighted by Gasteiger charge is 2.33. The van der Waals surface area contributed by atoms with Crippen LogP contribution in [0.25, 0.3) is 0 Å². The van der Waals surface area contributed by atoms with Crippen LogP contribution < -0.4 is 11.1 Å². The van der Waals surface area contributed by atoms with Gasteiger partial charge in [0.15, 0.2) is 5.82 Å².